The first-order valence-corrected chi connectivity index (χ1v) is 9.53. The number of pyridine rings is 1. The van der Waals surface area contributed by atoms with E-state index in [1.54, 1.807) is 6.07 Å². The number of aliphatic hydroxyl groups excluding tert-OH is 2. The average molecular weight is 357 g/mol. The van der Waals surface area contributed by atoms with Crippen LogP contribution < -0.4 is 5.43 Å². The first kappa shape index (κ1) is 17.7. The van der Waals surface area contributed by atoms with E-state index in [9.17, 15) is 15.0 Å². The molecule has 2 fully saturated rings. The molecule has 0 unspecified atom stereocenters. The van der Waals surface area contributed by atoms with Crippen molar-refractivity contribution in [1.29, 1.82) is 0 Å². The largest absolute Gasteiger partial charge is 0.393 e. The van der Waals surface area contributed by atoms with E-state index in [0.717, 1.165) is 50.1 Å². The van der Waals surface area contributed by atoms with Crippen molar-refractivity contribution < 1.29 is 10.2 Å². The summed E-state index contributed by atoms with van der Waals surface area (Å²) < 4.78 is 0. The molecule has 6 nitrogen and oxygen atoms in total. The van der Waals surface area contributed by atoms with Gasteiger partial charge in [-0.25, -0.2) is 0 Å². The van der Waals surface area contributed by atoms with Gasteiger partial charge < -0.3 is 15.2 Å². The first-order chi connectivity index (χ1) is 12.6. The number of likely N-dealkylation sites (tertiary alicyclic amines) is 2. The van der Waals surface area contributed by atoms with Crippen molar-refractivity contribution in [2.75, 3.05) is 26.2 Å². The number of para-hydroxylation sites is 1. The molecule has 0 saturated carbocycles. The number of β-amino-alcohol motifs (C(OH)–C–C–N with tert-alkyl or cyclic N) is 1. The quantitative estimate of drug-likeness (QED) is 0.761. The minimum atomic E-state index is -0.397. The molecule has 140 valence electrons. The van der Waals surface area contributed by atoms with Crippen molar-refractivity contribution >= 4 is 10.9 Å². The summed E-state index contributed by atoms with van der Waals surface area (Å²) in [5, 5.41) is 21.0. The topological polar surface area (TPSA) is 79.8 Å². The van der Waals surface area contributed by atoms with Crippen molar-refractivity contribution in [3.63, 3.8) is 0 Å². The molecule has 0 radical (unpaired) electrons. The number of rotatable bonds is 3. The molecule has 2 atom stereocenters. The molecule has 3 N–H and O–H groups in total. The Morgan fingerprint density at radius 1 is 1.08 bits per heavy atom. The molecule has 0 bridgehead atoms. The number of hydrogen-bond acceptors (Lipinski definition) is 5. The number of aromatic amines is 1. The fourth-order valence-corrected chi connectivity index (χ4v) is 4.35. The van der Waals surface area contributed by atoms with Crippen molar-refractivity contribution in [2.24, 2.45) is 0 Å². The molecular weight excluding hydrogens is 330 g/mol. The van der Waals surface area contributed by atoms with Crippen molar-refractivity contribution in [3.05, 3.63) is 46.2 Å². The van der Waals surface area contributed by atoms with Gasteiger partial charge in [0.15, 0.2) is 5.43 Å². The van der Waals surface area contributed by atoms with Crippen LogP contribution in [0.1, 0.15) is 25.0 Å². The summed E-state index contributed by atoms with van der Waals surface area (Å²) in [5.74, 6) is 0. The molecule has 0 aliphatic carbocycles. The number of fused-ring (bicyclic) bond motifs is 1. The second-order valence-corrected chi connectivity index (χ2v) is 7.63. The highest BCUT2D eigenvalue weighted by atomic mass is 16.3. The molecule has 2 aliphatic rings. The monoisotopic (exact) mass is 357 g/mol. The third-order valence-electron chi connectivity index (χ3n) is 5.79. The molecule has 6 heteroatoms. The Hall–Kier alpha value is -1.73. The van der Waals surface area contributed by atoms with Crippen LogP contribution in [0.2, 0.25) is 0 Å². The third-order valence-corrected chi connectivity index (χ3v) is 5.79. The standard InChI is InChI=1S/C20H27N3O3/c24-15-5-9-23(10-6-15)18-7-8-22(13-20(18)26)12-14-11-19(25)16-3-1-2-4-17(16)21-14/h1-4,11,15,18,20,24,26H,5-10,12-13H2,(H,21,25)/t18-,20-/m1/s1. The number of benzene rings is 1. The fraction of sp³-hybridized carbons (Fsp3) is 0.550. The van der Waals surface area contributed by atoms with E-state index in [1.165, 1.54) is 0 Å². The lowest BCUT2D eigenvalue weighted by Crippen LogP contribution is -2.56. The molecule has 0 amide bonds. The third kappa shape index (κ3) is 3.69. The zero-order valence-corrected chi connectivity index (χ0v) is 15.0. The van der Waals surface area contributed by atoms with Gasteiger partial charge in [-0.15, -0.1) is 0 Å². The van der Waals surface area contributed by atoms with Crippen LogP contribution in [0.3, 0.4) is 0 Å². The maximum absolute atomic E-state index is 12.3. The summed E-state index contributed by atoms with van der Waals surface area (Å²) in [6.07, 6.45) is 1.92. The summed E-state index contributed by atoms with van der Waals surface area (Å²) in [6.45, 7) is 3.87. The smallest absolute Gasteiger partial charge is 0.189 e. The number of nitrogens with one attached hydrogen (secondary N) is 1. The highest BCUT2D eigenvalue weighted by Crippen LogP contribution is 2.22. The highest BCUT2D eigenvalue weighted by molar-refractivity contribution is 5.78. The fourth-order valence-electron chi connectivity index (χ4n) is 4.35. The Morgan fingerprint density at radius 3 is 2.62 bits per heavy atom. The van der Waals surface area contributed by atoms with Gasteiger partial charge in [-0.2, -0.15) is 0 Å². The normalized spacial score (nSPS) is 26.4. The van der Waals surface area contributed by atoms with Crippen LogP contribution in [0.15, 0.2) is 35.1 Å². The van der Waals surface area contributed by atoms with Gasteiger partial charge in [-0.3, -0.25) is 14.6 Å². The van der Waals surface area contributed by atoms with E-state index in [0.29, 0.717) is 18.5 Å². The Bertz CT molecular complexity index is 813. The summed E-state index contributed by atoms with van der Waals surface area (Å²) in [4.78, 5) is 20.2. The second kappa shape index (κ2) is 7.48. The Labute approximate surface area is 153 Å². The number of H-pyrrole nitrogens is 1. The lowest BCUT2D eigenvalue weighted by atomic mass is 9.96. The van der Waals surface area contributed by atoms with Gasteiger partial charge in [0, 0.05) is 61.4 Å². The van der Waals surface area contributed by atoms with E-state index in [4.69, 9.17) is 0 Å². The van der Waals surface area contributed by atoms with E-state index < -0.39 is 6.10 Å². The van der Waals surface area contributed by atoms with Crippen LogP contribution in [0.4, 0.5) is 0 Å². The summed E-state index contributed by atoms with van der Waals surface area (Å²) in [6, 6.07) is 9.40. The zero-order valence-electron chi connectivity index (χ0n) is 15.0. The van der Waals surface area contributed by atoms with Gasteiger partial charge in [0.05, 0.1) is 12.2 Å². The number of nitrogens with zero attached hydrogens (tertiary/aromatic N) is 2. The molecule has 3 heterocycles. The summed E-state index contributed by atoms with van der Waals surface area (Å²) >= 11 is 0. The molecular formula is C20H27N3O3. The van der Waals surface area contributed by atoms with Gasteiger partial charge in [-0.05, 0) is 31.4 Å². The number of aromatic nitrogens is 1. The van der Waals surface area contributed by atoms with Gasteiger partial charge in [0.1, 0.15) is 0 Å². The average Bonchev–Trinajstić information content (AvgIpc) is 2.63. The number of piperidine rings is 2. The van der Waals surface area contributed by atoms with Crippen molar-refractivity contribution in [3.8, 4) is 0 Å². The van der Waals surface area contributed by atoms with Crippen LogP contribution in [0.5, 0.6) is 0 Å². The molecule has 2 aromatic rings. The van der Waals surface area contributed by atoms with Crippen LogP contribution in [0.25, 0.3) is 10.9 Å². The van der Waals surface area contributed by atoms with Crippen LogP contribution in [-0.4, -0.2) is 69.4 Å². The van der Waals surface area contributed by atoms with Crippen LogP contribution >= 0.6 is 0 Å². The SMILES string of the molecule is O=c1cc(CN2CC[C@@H](N3CCC(O)CC3)[C@H](O)C2)[nH]c2ccccc12. The maximum atomic E-state index is 12.3. The number of hydrogen-bond donors (Lipinski definition) is 3. The highest BCUT2D eigenvalue weighted by Gasteiger charge is 2.33. The van der Waals surface area contributed by atoms with Gasteiger partial charge >= 0.3 is 0 Å². The molecule has 1 aromatic carbocycles. The second-order valence-electron chi connectivity index (χ2n) is 7.63. The molecule has 26 heavy (non-hydrogen) atoms. The Balaban J connectivity index is 1.41. The van der Waals surface area contributed by atoms with Gasteiger partial charge in [-0.1, -0.05) is 12.1 Å². The molecule has 2 aliphatic heterocycles. The lowest BCUT2D eigenvalue weighted by Gasteiger charge is -2.43. The molecule has 2 saturated heterocycles. The first-order valence-electron chi connectivity index (χ1n) is 9.53. The van der Waals surface area contributed by atoms with Crippen LogP contribution in [-0.2, 0) is 6.54 Å². The van der Waals surface area contributed by atoms with Crippen molar-refractivity contribution in [2.45, 2.75) is 44.1 Å². The number of aliphatic hydroxyl groups is 2. The van der Waals surface area contributed by atoms with Crippen molar-refractivity contribution in [1.82, 2.24) is 14.8 Å². The van der Waals surface area contributed by atoms with Gasteiger partial charge in [0.2, 0.25) is 0 Å². The lowest BCUT2D eigenvalue weighted by molar-refractivity contribution is -0.0357. The minimum Gasteiger partial charge on any atom is -0.393 e. The van der Waals surface area contributed by atoms with E-state index in [-0.39, 0.29) is 17.6 Å². The minimum absolute atomic E-state index is 0.0386. The molecule has 0 spiro atoms. The van der Waals surface area contributed by atoms with E-state index in [2.05, 4.69) is 14.8 Å². The van der Waals surface area contributed by atoms with Crippen LogP contribution in [0, 0.1) is 0 Å². The van der Waals surface area contributed by atoms with E-state index in [1.807, 2.05) is 24.3 Å². The Morgan fingerprint density at radius 2 is 1.85 bits per heavy atom. The molecule has 1 aromatic heterocycles. The summed E-state index contributed by atoms with van der Waals surface area (Å²) in [5.41, 5.74) is 1.79. The van der Waals surface area contributed by atoms with Gasteiger partial charge in [0.25, 0.3) is 0 Å². The predicted octanol–water partition coefficient (Wildman–Crippen LogP) is 0.920. The van der Waals surface area contributed by atoms with E-state index >= 15 is 0 Å². The summed E-state index contributed by atoms with van der Waals surface area (Å²) in [7, 11) is 0. The zero-order chi connectivity index (χ0) is 18.1. The predicted molar refractivity (Wildman–Crippen MR) is 101 cm³/mol. The maximum Gasteiger partial charge on any atom is 0.189 e. The Kier molecular flexibility index (Phi) is 5.09. The molecule has 4 rings (SSSR count).